The fourth-order valence-corrected chi connectivity index (χ4v) is 1.82. The summed E-state index contributed by atoms with van der Waals surface area (Å²) < 4.78 is 9.48. The highest BCUT2D eigenvalue weighted by atomic mass is 35.5. The van der Waals surface area contributed by atoms with Crippen LogP contribution in [0.4, 0.5) is 0 Å². The third-order valence-corrected chi connectivity index (χ3v) is 2.64. The molecule has 5 heteroatoms. The first-order valence-electron chi connectivity index (χ1n) is 4.69. The van der Waals surface area contributed by atoms with Crippen LogP contribution in [-0.4, -0.2) is 25.2 Å². The van der Waals surface area contributed by atoms with Crippen molar-refractivity contribution in [3.05, 3.63) is 34.3 Å². The Morgan fingerprint density at radius 2 is 2.31 bits per heavy atom. The molecule has 0 saturated carbocycles. The van der Waals surface area contributed by atoms with Crippen LogP contribution in [0.15, 0.2) is 18.2 Å². The van der Waals surface area contributed by atoms with Gasteiger partial charge in [-0.15, -0.1) is 0 Å². The monoisotopic (exact) mass is 240 g/mol. The van der Waals surface area contributed by atoms with Crippen LogP contribution in [0.2, 0.25) is 5.02 Å². The molecule has 1 heterocycles. The summed E-state index contributed by atoms with van der Waals surface area (Å²) in [5, 5.41) is 0.525. The van der Waals surface area contributed by atoms with E-state index in [4.69, 9.17) is 16.3 Å². The third-order valence-electron chi connectivity index (χ3n) is 2.41. The molecule has 1 aliphatic rings. The van der Waals surface area contributed by atoms with Crippen LogP contribution in [-0.2, 0) is 20.7 Å². The van der Waals surface area contributed by atoms with Crippen LogP contribution >= 0.6 is 11.6 Å². The first-order valence-corrected chi connectivity index (χ1v) is 5.07. The van der Waals surface area contributed by atoms with E-state index in [1.165, 1.54) is 7.11 Å². The van der Waals surface area contributed by atoms with Crippen molar-refractivity contribution in [3.63, 3.8) is 0 Å². The maximum atomic E-state index is 11.6. The van der Waals surface area contributed by atoms with Gasteiger partial charge in [0.15, 0.2) is 0 Å². The quantitative estimate of drug-likeness (QED) is 0.700. The number of rotatable bonds is 1. The zero-order chi connectivity index (χ0) is 11.7. The number of benzene rings is 1. The smallest absolute Gasteiger partial charge is 0.347 e. The number of halogens is 1. The van der Waals surface area contributed by atoms with Crippen LogP contribution in [0.25, 0.3) is 0 Å². The molecule has 0 N–H and O–H groups in total. The summed E-state index contributed by atoms with van der Waals surface area (Å²) in [5.41, 5.74) is 1.16. The lowest BCUT2D eigenvalue weighted by Crippen LogP contribution is -2.35. The number of methoxy groups -OCH3 is 1. The first kappa shape index (κ1) is 11.0. The second-order valence-electron chi connectivity index (χ2n) is 3.42. The summed E-state index contributed by atoms with van der Waals surface area (Å²) in [6.07, 6.45) is -0.572. The van der Waals surface area contributed by atoms with Crippen molar-refractivity contribution in [2.45, 2.75) is 12.5 Å². The summed E-state index contributed by atoms with van der Waals surface area (Å²) in [7, 11) is 1.25. The SMILES string of the molecule is COC(=O)[C@@H]1Cc2cc(Cl)ccc2C(=O)O1. The Bertz CT molecular complexity index is 455. The molecule has 0 saturated heterocycles. The second-order valence-corrected chi connectivity index (χ2v) is 3.86. The maximum Gasteiger partial charge on any atom is 0.347 e. The third kappa shape index (κ3) is 1.88. The Morgan fingerprint density at radius 1 is 1.56 bits per heavy atom. The number of cyclic esters (lactones) is 1. The molecule has 0 spiro atoms. The molecule has 0 radical (unpaired) electrons. The lowest BCUT2D eigenvalue weighted by Gasteiger charge is -2.22. The van der Waals surface area contributed by atoms with Crippen molar-refractivity contribution < 1.29 is 19.1 Å². The van der Waals surface area contributed by atoms with Crippen molar-refractivity contribution >= 4 is 23.5 Å². The Balaban J connectivity index is 2.34. The van der Waals surface area contributed by atoms with E-state index in [1.54, 1.807) is 18.2 Å². The number of fused-ring (bicyclic) bond motifs is 1. The van der Waals surface area contributed by atoms with E-state index >= 15 is 0 Å². The normalized spacial score (nSPS) is 18.6. The predicted molar refractivity (Wildman–Crippen MR) is 56.4 cm³/mol. The molecular weight excluding hydrogens is 232 g/mol. The summed E-state index contributed by atoms with van der Waals surface area (Å²) in [4.78, 5) is 22.8. The highest BCUT2D eigenvalue weighted by molar-refractivity contribution is 6.30. The van der Waals surface area contributed by atoms with Gasteiger partial charge in [-0.2, -0.15) is 0 Å². The van der Waals surface area contributed by atoms with Gasteiger partial charge in [0.05, 0.1) is 12.7 Å². The van der Waals surface area contributed by atoms with Gasteiger partial charge in [-0.05, 0) is 23.8 Å². The number of carbonyl (C=O) groups is 2. The molecule has 1 aromatic carbocycles. The minimum absolute atomic E-state index is 0.300. The molecule has 16 heavy (non-hydrogen) atoms. The van der Waals surface area contributed by atoms with Crippen molar-refractivity contribution in [2.75, 3.05) is 7.11 Å². The van der Waals surface area contributed by atoms with Gasteiger partial charge >= 0.3 is 11.9 Å². The summed E-state index contributed by atoms with van der Waals surface area (Å²) >= 11 is 5.82. The molecule has 84 valence electrons. The maximum absolute atomic E-state index is 11.6. The molecule has 0 aromatic heterocycles. The molecule has 0 amide bonds. The van der Waals surface area contributed by atoms with E-state index in [0.29, 0.717) is 22.6 Å². The zero-order valence-electron chi connectivity index (χ0n) is 8.53. The average molecular weight is 241 g/mol. The van der Waals surface area contributed by atoms with Gasteiger partial charge in [0.1, 0.15) is 0 Å². The first-order chi connectivity index (χ1) is 7.61. The van der Waals surface area contributed by atoms with E-state index < -0.39 is 18.0 Å². The molecule has 1 aliphatic heterocycles. The fourth-order valence-electron chi connectivity index (χ4n) is 1.63. The van der Waals surface area contributed by atoms with E-state index in [0.717, 1.165) is 0 Å². The molecule has 0 fully saturated rings. The Hall–Kier alpha value is -1.55. The number of carbonyl (C=O) groups excluding carboxylic acids is 2. The molecule has 0 unspecified atom stereocenters. The number of hydrogen-bond donors (Lipinski definition) is 0. The van der Waals surface area contributed by atoms with Crippen LogP contribution in [0.3, 0.4) is 0 Å². The molecule has 2 rings (SSSR count). The van der Waals surface area contributed by atoms with Gasteiger partial charge in [-0.25, -0.2) is 9.59 Å². The summed E-state index contributed by atoms with van der Waals surface area (Å²) in [6, 6.07) is 4.86. The molecular formula is C11H9ClO4. The van der Waals surface area contributed by atoms with E-state index in [1.807, 2.05) is 0 Å². The van der Waals surface area contributed by atoms with Crippen molar-refractivity contribution in [1.29, 1.82) is 0 Å². The molecule has 0 bridgehead atoms. The van der Waals surface area contributed by atoms with Crippen molar-refractivity contribution in [1.82, 2.24) is 0 Å². The van der Waals surface area contributed by atoms with E-state index in [9.17, 15) is 9.59 Å². The minimum atomic E-state index is -0.872. The van der Waals surface area contributed by atoms with Gasteiger partial charge in [0.25, 0.3) is 0 Å². The minimum Gasteiger partial charge on any atom is -0.466 e. The van der Waals surface area contributed by atoms with E-state index in [2.05, 4.69) is 4.74 Å². The summed E-state index contributed by atoms with van der Waals surface area (Å²) in [5.74, 6) is -1.08. The van der Waals surface area contributed by atoms with Crippen molar-refractivity contribution in [3.8, 4) is 0 Å². The van der Waals surface area contributed by atoms with Gasteiger partial charge in [-0.1, -0.05) is 11.6 Å². The zero-order valence-corrected chi connectivity index (χ0v) is 9.28. The van der Waals surface area contributed by atoms with Gasteiger partial charge in [0, 0.05) is 11.4 Å². The lowest BCUT2D eigenvalue weighted by atomic mass is 9.99. The topological polar surface area (TPSA) is 52.6 Å². The van der Waals surface area contributed by atoms with E-state index in [-0.39, 0.29) is 0 Å². The number of hydrogen-bond acceptors (Lipinski definition) is 4. The second kappa shape index (κ2) is 4.14. The predicted octanol–water partition coefficient (Wildman–Crippen LogP) is 1.59. The largest absolute Gasteiger partial charge is 0.466 e. The highest BCUT2D eigenvalue weighted by Gasteiger charge is 2.31. The fraction of sp³-hybridized carbons (Fsp3) is 0.273. The van der Waals surface area contributed by atoms with Gasteiger partial charge < -0.3 is 9.47 Å². The number of esters is 2. The number of ether oxygens (including phenoxy) is 2. The molecule has 1 aromatic rings. The lowest BCUT2D eigenvalue weighted by molar-refractivity contribution is -0.151. The van der Waals surface area contributed by atoms with Crippen LogP contribution in [0.1, 0.15) is 15.9 Å². The summed E-state index contributed by atoms with van der Waals surface area (Å²) in [6.45, 7) is 0. The average Bonchev–Trinajstić information content (AvgIpc) is 2.27. The Kier molecular flexibility index (Phi) is 2.83. The van der Waals surface area contributed by atoms with Gasteiger partial charge in [-0.3, -0.25) is 0 Å². The molecule has 1 atom stereocenters. The van der Waals surface area contributed by atoms with Crippen LogP contribution in [0, 0.1) is 0 Å². The molecule has 0 aliphatic carbocycles. The Morgan fingerprint density at radius 3 is 3.00 bits per heavy atom. The standard InChI is InChI=1S/C11H9ClO4/c1-15-11(14)9-5-6-4-7(12)2-3-8(6)10(13)16-9/h2-4,9H,5H2,1H3/t9-/m0/s1. The Labute approximate surface area is 97.1 Å². The van der Waals surface area contributed by atoms with Crippen LogP contribution in [0.5, 0.6) is 0 Å². The van der Waals surface area contributed by atoms with Crippen molar-refractivity contribution in [2.24, 2.45) is 0 Å². The van der Waals surface area contributed by atoms with Crippen LogP contribution < -0.4 is 0 Å². The highest BCUT2D eigenvalue weighted by Crippen LogP contribution is 2.24. The molecule has 4 nitrogen and oxygen atoms in total. The van der Waals surface area contributed by atoms with Gasteiger partial charge in [0.2, 0.25) is 6.10 Å².